The highest BCUT2D eigenvalue weighted by Gasteiger charge is 2.27. The summed E-state index contributed by atoms with van der Waals surface area (Å²) in [5.41, 5.74) is 0.708. The van der Waals surface area contributed by atoms with E-state index in [9.17, 15) is 19.7 Å². The molecule has 29 heavy (non-hydrogen) atoms. The summed E-state index contributed by atoms with van der Waals surface area (Å²) in [6, 6.07) is 6.20. The van der Waals surface area contributed by atoms with E-state index in [0.717, 1.165) is 51.4 Å². The molecule has 7 heteroatoms. The Balaban J connectivity index is 2.10. The van der Waals surface area contributed by atoms with Crippen molar-refractivity contribution in [3.05, 3.63) is 34.4 Å². The number of non-ortho nitro benzene ring substituents is 1. The number of anilines is 1. The number of benzene rings is 1. The van der Waals surface area contributed by atoms with Crippen LogP contribution in [0.25, 0.3) is 0 Å². The number of cyclic esters (lactones) is 1. The van der Waals surface area contributed by atoms with Crippen molar-refractivity contribution in [1.29, 1.82) is 0 Å². The summed E-state index contributed by atoms with van der Waals surface area (Å²) < 4.78 is 5.15. The predicted octanol–water partition coefficient (Wildman–Crippen LogP) is 5.02. The van der Waals surface area contributed by atoms with Gasteiger partial charge in [0.15, 0.2) is 0 Å². The molecule has 0 aliphatic carbocycles. The Bertz CT molecular complexity index is 689. The highest BCUT2D eigenvalue weighted by atomic mass is 16.6. The van der Waals surface area contributed by atoms with E-state index >= 15 is 0 Å². The van der Waals surface area contributed by atoms with Crippen molar-refractivity contribution in [3.8, 4) is 0 Å². The quantitative estimate of drug-likeness (QED) is 0.293. The molecule has 0 aromatic heterocycles. The average Bonchev–Trinajstić information content (AvgIpc) is 2.73. The number of unbranched alkanes of at least 4 members (excludes halogenated alkanes) is 1. The van der Waals surface area contributed by atoms with Crippen molar-refractivity contribution in [3.63, 3.8) is 0 Å². The lowest BCUT2D eigenvalue weighted by molar-refractivity contribution is -0.384. The molecule has 0 saturated carbocycles. The van der Waals surface area contributed by atoms with Gasteiger partial charge < -0.3 is 9.64 Å². The molecule has 1 aromatic rings. The highest BCUT2D eigenvalue weighted by Crippen LogP contribution is 2.28. The third kappa shape index (κ3) is 6.54. The van der Waals surface area contributed by atoms with Crippen molar-refractivity contribution in [2.75, 3.05) is 11.5 Å². The molecule has 1 aliphatic heterocycles. The smallest absolute Gasteiger partial charge is 0.308 e. The van der Waals surface area contributed by atoms with Crippen molar-refractivity contribution < 1.29 is 19.2 Å². The van der Waals surface area contributed by atoms with Gasteiger partial charge in [-0.3, -0.25) is 19.7 Å². The van der Waals surface area contributed by atoms with Gasteiger partial charge in [0.25, 0.3) is 5.69 Å². The zero-order valence-electron chi connectivity index (χ0n) is 17.5. The fourth-order valence-electron chi connectivity index (χ4n) is 3.86. The number of nitro benzene ring substituents is 1. The third-order valence-electron chi connectivity index (χ3n) is 5.55. The number of amides is 1. The van der Waals surface area contributed by atoms with E-state index in [2.05, 4.69) is 0 Å². The number of hydrogen-bond donors (Lipinski definition) is 0. The molecular formula is C22H32N2O5. The van der Waals surface area contributed by atoms with Gasteiger partial charge in [-0.25, -0.2) is 0 Å². The summed E-state index contributed by atoms with van der Waals surface area (Å²) in [6.45, 7) is 4.61. The van der Waals surface area contributed by atoms with Crippen LogP contribution in [-0.4, -0.2) is 29.4 Å². The molecule has 7 nitrogen and oxygen atoms in total. The minimum atomic E-state index is -0.437. The Hall–Kier alpha value is -2.44. The molecule has 1 aromatic carbocycles. The summed E-state index contributed by atoms with van der Waals surface area (Å²) >= 11 is 0. The largest absolute Gasteiger partial charge is 0.465 e. The standard InChI is InChI=1S/C22H32N2O5/c1-3-5-11-21(25)23(19-12-14-20(15-13-19)24(27)28)18(4-2)10-6-8-17-9-7-16-29-22(17)26/h12-15,17-18H,3-11,16H2,1-2H3. The number of carbonyl (C=O) groups excluding carboxylic acids is 2. The Morgan fingerprint density at radius 2 is 2.00 bits per heavy atom. The molecule has 1 aliphatic rings. The van der Waals surface area contributed by atoms with Crippen LogP contribution in [0.1, 0.15) is 71.6 Å². The lowest BCUT2D eigenvalue weighted by Crippen LogP contribution is -2.40. The van der Waals surface area contributed by atoms with E-state index in [4.69, 9.17) is 4.74 Å². The number of nitro groups is 1. The minimum Gasteiger partial charge on any atom is -0.465 e. The Morgan fingerprint density at radius 3 is 2.59 bits per heavy atom. The lowest BCUT2D eigenvalue weighted by Gasteiger charge is -2.32. The Kier molecular flexibility index (Phi) is 9.09. The van der Waals surface area contributed by atoms with Gasteiger partial charge in [-0.1, -0.05) is 26.7 Å². The predicted molar refractivity (Wildman–Crippen MR) is 112 cm³/mol. The second-order valence-electron chi connectivity index (χ2n) is 7.64. The van der Waals surface area contributed by atoms with E-state index in [0.29, 0.717) is 18.7 Å². The van der Waals surface area contributed by atoms with Crippen LogP contribution in [0, 0.1) is 16.0 Å². The minimum absolute atomic E-state index is 0.000392. The van der Waals surface area contributed by atoms with Crippen LogP contribution < -0.4 is 4.90 Å². The van der Waals surface area contributed by atoms with Gasteiger partial charge in [-0.15, -0.1) is 0 Å². The molecule has 0 radical (unpaired) electrons. The molecule has 1 heterocycles. The molecule has 2 atom stereocenters. The van der Waals surface area contributed by atoms with Gasteiger partial charge in [0, 0.05) is 30.3 Å². The van der Waals surface area contributed by atoms with Crippen LogP contribution in [0.15, 0.2) is 24.3 Å². The topological polar surface area (TPSA) is 89.8 Å². The monoisotopic (exact) mass is 404 g/mol. The summed E-state index contributed by atoms with van der Waals surface area (Å²) in [6.07, 6.45) is 7.16. The molecule has 0 bridgehead atoms. The summed E-state index contributed by atoms with van der Waals surface area (Å²) in [5.74, 6) is -0.0925. The average molecular weight is 405 g/mol. The number of esters is 1. The second-order valence-corrected chi connectivity index (χ2v) is 7.64. The lowest BCUT2D eigenvalue weighted by atomic mass is 9.93. The van der Waals surface area contributed by atoms with Crippen LogP contribution in [0.5, 0.6) is 0 Å². The normalized spacial score (nSPS) is 17.4. The van der Waals surface area contributed by atoms with Crippen LogP contribution >= 0.6 is 0 Å². The van der Waals surface area contributed by atoms with E-state index in [1.165, 1.54) is 12.1 Å². The van der Waals surface area contributed by atoms with Gasteiger partial charge in [-0.05, 0) is 50.7 Å². The molecular weight excluding hydrogens is 372 g/mol. The number of nitrogens with zero attached hydrogens (tertiary/aromatic N) is 2. The van der Waals surface area contributed by atoms with E-state index in [1.54, 1.807) is 17.0 Å². The van der Waals surface area contributed by atoms with Crippen molar-refractivity contribution in [2.45, 2.75) is 77.7 Å². The third-order valence-corrected chi connectivity index (χ3v) is 5.55. The molecule has 2 unspecified atom stereocenters. The molecule has 0 N–H and O–H groups in total. The van der Waals surface area contributed by atoms with Gasteiger partial charge in [0.2, 0.25) is 5.91 Å². The maximum atomic E-state index is 13.0. The van der Waals surface area contributed by atoms with Crippen molar-refractivity contribution in [2.24, 2.45) is 5.92 Å². The van der Waals surface area contributed by atoms with E-state index < -0.39 is 4.92 Å². The van der Waals surface area contributed by atoms with E-state index in [-0.39, 0.29) is 29.5 Å². The summed E-state index contributed by atoms with van der Waals surface area (Å²) in [7, 11) is 0. The Labute approximate surface area is 172 Å². The Morgan fingerprint density at radius 1 is 1.28 bits per heavy atom. The van der Waals surface area contributed by atoms with Crippen LogP contribution in [0.4, 0.5) is 11.4 Å². The van der Waals surface area contributed by atoms with Crippen LogP contribution in [0.2, 0.25) is 0 Å². The molecule has 0 spiro atoms. The van der Waals surface area contributed by atoms with Gasteiger partial charge >= 0.3 is 5.97 Å². The number of ether oxygens (including phenoxy) is 1. The molecule has 1 amide bonds. The fourth-order valence-corrected chi connectivity index (χ4v) is 3.86. The maximum absolute atomic E-state index is 13.0. The first kappa shape index (κ1) is 22.8. The van der Waals surface area contributed by atoms with Crippen LogP contribution in [-0.2, 0) is 14.3 Å². The SMILES string of the molecule is CCCCC(=O)N(c1ccc([N+](=O)[O-])cc1)C(CC)CCCC1CCCOC1=O. The van der Waals surface area contributed by atoms with Crippen molar-refractivity contribution in [1.82, 2.24) is 0 Å². The first-order valence-electron chi connectivity index (χ1n) is 10.7. The second kappa shape index (κ2) is 11.5. The number of hydrogen-bond acceptors (Lipinski definition) is 5. The molecule has 1 saturated heterocycles. The van der Waals surface area contributed by atoms with Crippen molar-refractivity contribution >= 4 is 23.3 Å². The zero-order chi connectivity index (χ0) is 21.2. The first-order valence-corrected chi connectivity index (χ1v) is 10.7. The number of rotatable bonds is 11. The molecule has 1 fully saturated rings. The number of carbonyl (C=O) groups is 2. The first-order chi connectivity index (χ1) is 14.0. The summed E-state index contributed by atoms with van der Waals surface area (Å²) in [5, 5.41) is 11.0. The van der Waals surface area contributed by atoms with E-state index in [1.807, 2.05) is 13.8 Å². The van der Waals surface area contributed by atoms with Gasteiger partial charge in [0.05, 0.1) is 17.4 Å². The fraction of sp³-hybridized carbons (Fsp3) is 0.636. The van der Waals surface area contributed by atoms with Gasteiger partial charge in [0.1, 0.15) is 0 Å². The molecule has 160 valence electrons. The summed E-state index contributed by atoms with van der Waals surface area (Å²) in [4.78, 5) is 37.1. The highest BCUT2D eigenvalue weighted by molar-refractivity contribution is 5.94. The zero-order valence-corrected chi connectivity index (χ0v) is 17.5. The maximum Gasteiger partial charge on any atom is 0.308 e. The van der Waals surface area contributed by atoms with Crippen LogP contribution in [0.3, 0.4) is 0 Å². The van der Waals surface area contributed by atoms with Gasteiger partial charge in [-0.2, -0.15) is 0 Å². The molecule has 2 rings (SSSR count).